The smallest absolute Gasteiger partial charge is 0.225 e. The maximum Gasteiger partial charge on any atom is 0.225 e. The number of nitrogens with one attached hydrogen (secondary N) is 1. The van der Waals surface area contributed by atoms with Crippen molar-refractivity contribution in [1.29, 1.82) is 0 Å². The molecule has 5 heteroatoms. The molecule has 0 saturated carbocycles. The Labute approximate surface area is 145 Å². The molecule has 0 radical (unpaired) electrons. The molecule has 0 aliphatic carbocycles. The first-order valence-corrected chi connectivity index (χ1v) is 8.71. The van der Waals surface area contributed by atoms with Crippen LogP contribution in [0.25, 0.3) is 11.3 Å². The van der Waals surface area contributed by atoms with Gasteiger partial charge >= 0.3 is 0 Å². The fourth-order valence-corrected chi connectivity index (χ4v) is 3.21. The molecule has 1 N–H and O–H groups in total. The zero-order valence-electron chi connectivity index (χ0n) is 13.7. The average Bonchev–Trinajstić information content (AvgIpc) is 3.08. The van der Waals surface area contributed by atoms with Crippen molar-refractivity contribution in [1.82, 2.24) is 15.3 Å². The summed E-state index contributed by atoms with van der Waals surface area (Å²) in [5.41, 5.74) is 3.89. The van der Waals surface area contributed by atoms with Gasteiger partial charge in [0.2, 0.25) is 5.91 Å². The SMILES string of the molecule is Cc1ccc(CC(=O)N[C@H](C)c2nc(-c3ccccc3)cs2)cn1. The van der Waals surface area contributed by atoms with Crippen molar-refractivity contribution < 1.29 is 4.79 Å². The number of aryl methyl sites for hydroxylation is 1. The van der Waals surface area contributed by atoms with Crippen LogP contribution in [0.15, 0.2) is 54.0 Å². The number of carbonyl (C=O) groups excluding carboxylic acids is 1. The number of pyridine rings is 1. The van der Waals surface area contributed by atoms with Crippen molar-refractivity contribution >= 4 is 17.2 Å². The molecule has 1 aromatic carbocycles. The lowest BCUT2D eigenvalue weighted by atomic mass is 10.2. The lowest BCUT2D eigenvalue weighted by Gasteiger charge is -2.11. The summed E-state index contributed by atoms with van der Waals surface area (Å²) < 4.78 is 0. The van der Waals surface area contributed by atoms with Crippen LogP contribution in [0.3, 0.4) is 0 Å². The normalized spacial score (nSPS) is 11.9. The van der Waals surface area contributed by atoms with Crippen LogP contribution < -0.4 is 5.32 Å². The highest BCUT2D eigenvalue weighted by Gasteiger charge is 2.14. The summed E-state index contributed by atoms with van der Waals surface area (Å²) in [6.45, 7) is 3.89. The summed E-state index contributed by atoms with van der Waals surface area (Å²) in [6.07, 6.45) is 2.07. The van der Waals surface area contributed by atoms with Crippen molar-refractivity contribution in [3.05, 3.63) is 70.3 Å². The fraction of sp³-hybridized carbons (Fsp3) is 0.211. The minimum Gasteiger partial charge on any atom is -0.347 e. The molecule has 0 bridgehead atoms. The van der Waals surface area contributed by atoms with E-state index in [9.17, 15) is 4.79 Å². The zero-order valence-corrected chi connectivity index (χ0v) is 14.5. The van der Waals surface area contributed by atoms with Crippen LogP contribution in [-0.4, -0.2) is 15.9 Å². The number of amides is 1. The number of hydrogen-bond donors (Lipinski definition) is 1. The molecular weight excluding hydrogens is 318 g/mol. The van der Waals surface area contributed by atoms with Gasteiger partial charge in [-0.1, -0.05) is 36.4 Å². The Kier molecular flexibility index (Phi) is 5.01. The van der Waals surface area contributed by atoms with Crippen LogP contribution in [0.5, 0.6) is 0 Å². The van der Waals surface area contributed by atoms with Gasteiger partial charge in [0.15, 0.2) is 0 Å². The topological polar surface area (TPSA) is 54.9 Å². The van der Waals surface area contributed by atoms with E-state index in [0.29, 0.717) is 6.42 Å². The summed E-state index contributed by atoms with van der Waals surface area (Å²) in [6, 6.07) is 13.8. The van der Waals surface area contributed by atoms with Crippen LogP contribution in [0, 0.1) is 6.92 Å². The quantitative estimate of drug-likeness (QED) is 0.767. The van der Waals surface area contributed by atoms with Crippen LogP contribution in [-0.2, 0) is 11.2 Å². The van der Waals surface area contributed by atoms with Crippen LogP contribution in [0.4, 0.5) is 0 Å². The second kappa shape index (κ2) is 7.36. The van der Waals surface area contributed by atoms with Gasteiger partial charge in [-0.05, 0) is 25.5 Å². The van der Waals surface area contributed by atoms with Gasteiger partial charge in [0.1, 0.15) is 5.01 Å². The number of benzene rings is 1. The predicted octanol–water partition coefficient (Wildman–Crippen LogP) is 3.93. The summed E-state index contributed by atoms with van der Waals surface area (Å²) in [5, 5.41) is 5.94. The lowest BCUT2D eigenvalue weighted by Crippen LogP contribution is -2.28. The summed E-state index contributed by atoms with van der Waals surface area (Å²) in [5.74, 6) is -0.0235. The molecule has 2 aromatic heterocycles. The van der Waals surface area contributed by atoms with Crippen molar-refractivity contribution in [3.63, 3.8) is 0 Å². The predicted molar refractivity (Wildman–Crippen MR) is 96.8 cm³/mol. The molecule has 3 rings (SSSR count). The van der Waals surface area contributed by atoms with Crippen molar-refractivity contribution in [2.45, 2.75) is 26.3 Å². The third-order valence-corrected chi connectivity index (χ3v) is 4.70. The second-order valence-electron chi connectivity index (χ2n) is 5.71. The molecule has 0 aliphatic heterocycles. The standard InChI is InChI=1S/C19H19N3OS/c1-13-8-9-15(11-20-13)10-18(23)21-14(2)19-22-17(12-24-19)16-6-4-3-5-7-16/h3-9,11-12,14H,10H2,1-2H3,(H,21,23)/t14-/m1/s1. The zero-order chi connectivity index (χ0) is 16.9. The lowest BCUT2D eigenvalue weighted by molar-refractivity contribution is -0.121. The number of rotatable bonds is 5. The van der Waals surface area contributed by atoms with E-state index in [4.69, 9.17) is 0 Å². The number of thiazole rings is 1. The van der Waals surface area contributed by atoms with Gasteiger partial charge in [-0.3, -0.25) is 9.78 Å². The molecule has 0 spiro atoms. The van der Waals surface area contributed by atoms with E-state index in [2.05, 4.69) is 15.3 Å². The number of aromatic nitrogens is 2. The minimum absolute atomic E-state index is 0.0235. The Morgan fingerprint density at radius 1 is 1.21 bits per heavy atom. The average molecular weight is 337 g/mol. The molecular formula is C19H19N3OS. The molecule has 3 aromatic rings. The van der Waals surface area contributed by atoms with Crippen molar-refractivity contribution in [2.24, 2.45) is 0 Å². The fourth-order valence-electron chi connectivity index (χ4n) is 2.37. The Balaban J connectivity index is 1.62. The minimum atomic E-state index is -0.113. The van der Waals surface area contributed by atoms with Gasteiger partial charge in [0, 0.05) is 22.8 Å². The first kappa shape index (κ1) is 16.3. The number of hydrogen-bond acceptors (Lipinski definition) is 4. The summed E-state index contributed by atoms with van der Waals surface area (Å²) in [4.78, 5) is 21.1. The number of carbonyl (C=O) groups is 1. The monoisotopic (exact) mass is 337 g/mol. The van der Waals surface area contributed by atoms with E-state index < -0.39 is 0 Å². The van der Waals surface area contributed by atoms with Gasteiger partial charge in [0.25, 0.3) is 0 Å². The number of nitrogens with zero attached hydrogens (tertiary/aromatic N) is 2. The van der Waals surface area contributed by atoms with E-state index in [-0.39, 0.29) is 11.9 Å². The van der Waals surface area contributed by atoms with Gasteiger partial charge < -0.3 is 5.32 Å². The van der Waals surface area contributed by atoms with E-state index in [1.165, 1.54) is 0 Å². The molecule has 4 nitrogen and oxygen atoms in total. The van der Waals surface area contributed by atoms with Crippen LogP contribution >= 0.6 is 11.3 Å². The largest absolute Gasteiger partial charge is 0.347 e. The van der Waals surface area contributed by atoms with Crippen molar-refractivity contribution in [3.8, 4) is 11.3 Å². The van der Waals surface area contributed by atoms with E-state index >= 15 is 0 Å². The maximum atomic E-state index is 12.2. The first-order chi connectivity index (χ1) is 11.6. The molecule has 0 aliphatic rings. The van der Waals surface area contributed by atoms with E-state index in [1.54, 1.807) is 17.5 Å². The highest BCUT2D eigenvalue weighted by atomic mass is 32.1. The molecule has 0 fully saturated rings. The van der Waals surface area contributed by atoms with Gasteiger partial charge in [-0.25, -0.2) is 4.98 Å². The Morgan fingerprint density at radius 3 is 2.71 bits per heavy atom. The Bertz CT molecular complexity index is 812. The van der Waals surface area contributed by atoms with Gasteiger partial charge in [-0.2, -0.15) is 0 Å². The molecule has 0 saturated heterocycles. The van der Waals surface area contributed by atoms with Crippen molar-refractivity contribution in [2.75, 3.05) is 0 Å². The van der Waals surface area contributed by atoms with Crippen LogP contribution in [0.2, 0.25) is 0 Å². The molecule has 1 atom stereocenters. The van der Waals surface area contributed by atoms with E-state index in [0.717, 1.165) is 27.5 Å². The highest BCUT2D eigenvalue weighted by molar-refractivity contribution is 7.10. The third kappa shape index (κ3) is 4.06. The maximum absolute atomic E-state index is 12.2. The first-order valence-electron chi connectivity index (χ1n) is 7.83. The summed E-state index contributed by atoms with van der Waals surface area (Å²) >= 11 is 1.56. The Morgan fingerprint density at radius 2 is 2.00 bits per heavy atom. The second-order valence-corrected chi connectivity index (χ2v) is 6.60. The van der Waals surface area contributed by atoms with Gasteiger partial charge in [0.05, 0.1) is 18.2 Å². The molecule has 122 valence electrons. The molecule has 1 amide bonds. The highest BCUT2D eigenvalue weighted by Crippen LogP contribution is 2.25. The van der Waals surface area contributed by atoms with Gasteiger partial charge in [-0.15, -0.1) is 11.3 Å². The molecule has 0 unspecified atom stereocenters. The molecule has 24 heavy (non-hydrogen) atoms. The Hall–Kier alpha value is -2.53. The molecule has 2 heterocycles. The summed E-state index contributed by atoms with van der Waals surface area (Å²) in [7, 11) is 0. The third-order valence-electron chi connectivity index (χ3n) is 3.68. The van der Waals surface area contributed by atoms with E-state index in [1.807, 2.05) is 61.7 Å². The van der Waals surface area contributed by atoms with Crippen LogP contribution in [0.1, 0.15) is 29.2 Å².